The van der Waals surface area contributed by atoms with Gasteiger partial charge in [-0.2, -0.15) is 0 Å². The van der Waals surface area contributed by atoms with E-state index in [1.54, 1.807) is 0 Å². The normalized spacial score (nSPS) is 17.8. The summed E-state index contributed by atoms with van der Waals surface area (Å²) < 4.78 is 1.28. The molecule has 0 aromatic heterocycles. The average Bonchev–Trinajstić information content (AvgIpc) is 2.73. The van der Waals surface area contributed by atoms with Gasteiger partial charge in [0.2, 0.25) is 0 Å². The van der Waals surface area contributed by atoms with Gasteiger partial charge in [0.15, 0.2) is 0 Å². The maximum Gasteiger partial charge on any atom is 0.0519 e. The summed E-state index contributed by atoms with van der Waals surface area (Å²) in [5.74, 6) is 0. The fourth-order valence-electron chi connectivity index (χ4n) is 2.49. The molecule has 0 saturated heterocycles. The monoisotopic (exact) mass is 335 g/mol. The highest BCUT2D eigenvalue weighted by molar-refractivity contribution is 14.1. The number of hydrogen-bond acceptors (Lipinski definition) is 1. The molecule has 0 aliphatic heterocycles. The predicted octanol–water partition coefficient (Wildman–Crippen LogP) is 4.39. The first-order chi connectivity index (χ1) is 8.33. The van der Waals surface area contributed by atoms with E-state index in [4.69, 9.17) is 0 Å². The van der Waals surface area contributed by atoms with Gasteiger partial charge in [0.1, 0.15) is 0 Å². The van der Waals surface area contributed by atoms with Gasteiger partial charge in [-0.05, 0) is 64.8 Å². The van der Waals surface area contributed by atoms with Crippen molar-refractivity contribution < 1.29 is 0 Å². The average molecular weight is 335 g/mol. The minimum atomic E-state index is 0.476. The van der Waals surface area contributed by atoms with Crippen LogP contribution >= 0.6 is 22.6 Å². The van der Waals surface area contributed by atoms with Gasteiger partial charge >= 0.3 is 0 Å². The third-order valence-corrected chi connectivity index (χ3v) is 3.97. The first-order valence-electron chi connectivity index (χ1n) is 5.93. The summed E-state index contributed by atoms with van der Waals surface area (Å²) in [7, 11) is 0. The number of anilines is 1. The Labute approximate surface area is 115 Å². The fraction of sp³-hybridized carbons (Fsp3) is 0.200. The number of halogens is 1. The van der Waals surface area contributed by atoms with E-state index in [0.29, 0.717) is 6.04 Å². The Kier molecular flexibility index (Phi) is 3.05. The molecule has 0 bridgehead atoms. The van der Waals surface area contributed by atoms with Crippen molar-refractivity contribution >= 4 is 28.3 Å². The third kappa shape index (κ3) is 2.32. The molecule has 0 saturated carbocycles. The van der Waals surface area contributed by atoms with Crippen molar-refractivity contribution in [3.05, 3.63) is 63.2 Å². The largest absolute Gasteiger partial charge is 0.378 e. The van der Waals surface area contributed by atoms with Crippen LogP contribution in [0.4, 0.5) is 5.69 Å². The molecule has 1 aliphatic rings. The summed E-state index contributed by atoms with van der Waals surface area (Å²) in [5.41, 5.74) is 4.18. The molecule has 1 nitrogen and oxygen atoms in total. The van der Waals surface area contributed by atoms with Crippen LogP contribution in [0.3, 0.4) is 0 Å². The van der Waals surface area contributed by atoms with Gasteiger partial charge in [-0.1, -0.05) is 30.3 Å². The van der Waals surface area contributed by atoms with Crippen molar-refractivity contribution in [3.8, 4) is 0 Å². The lowest BCUT2D eigenvalue weighted by Crippen LogP contribution is -2.06. The van der Waals surface area contributed by atoms with Crippen LogP contribution in [-0.4, -0.2) is 0 Å². The minimum Gasteiger partial charge on any atom is -0.378 e. The molecule has 0 heterocycles. The molecule has 0 spiro atoms. The SMILES string of the molecule is Ic1cccc(NC2CCc3ccccc32)c1. The van der Waals surface area contributed by atoms with Crippen LogP contribution in [0.1, 0.15) is 23.6 Å². The second kappa shape index (κ2) is 4.69. The lowest BCUT2D eigenvalue weighted by atomic mass is 10.1. The zero-order chi connectivity index (χ0) is 11.7. The first kappa shape index (κ1) is 11.1. The molecule has 17 heavy (non-hydrogen) atoms. The molecule has 1 atom stereocenters. The number of aryl methyl sites for hydroxylation is 1. The van der Waals surface area contributed by atoms with Crippen molar-refractivity contribution in [2.45, 2.75) is 18.9 Å². The number of hydrogen-bond donors (Lipinski definition) is 1. The molecule has 1 aliphatic carbocycles. The van der Waals surface area contributed by atoms with Crippen molar-refractivity contribution in [2.24, 2.45) is 0 Å². The van der Waals surface area contributed by atoms with E-state index in [1.165, 1.54) is 33.2 Å². The molecule has 2 aromatic rings. The van der Waals surface area contributed by atoms with Gasteiger partial charge in [0.25, 0.3) is 0 Å². The van der Waals surface area contributed by atoms with E-state index in [0.717, 1.165) is 0 Å². The summed E-state index contributed by atoms with van der Waals surface area (Å²) in [6, 6.07) is 17.8. The van der Waals surface area contributed by atoms with Crippen LogP contribution in [0.25, 0.3) is 0 Å². The van der Waals surface area contributed by atoms with Crippen LogP contribution in [0.2, 0.25) is 0 Å². The van der Waals surface area contributed by atoms with Gasteiger partial charge in [-0.25, -0.2) is 0 Å². The Morgan fingerprint density at radius 3 is 2.82 bits per heavy atom. The van der Waals surface area contributed by atoms with Gasteiger partial charge in [0.05, 0.1) is 6.04 Å². The van der Waals surface area contributed by atoms with Gasteiger partial charge in [-0.3, -0.25) is 0 Å². The fourth-order valence-corrected chi connectivity index (χ4v) is 3.03. The van der Waals surface area contributed by atoms with Crippen LogP contribution in [-0.2, 0) is 6.42 Å². The van der Waals surface area contributed by atoms with Crippen molar-refractivity contribution in [3.63, 3.8) is 0 Å². The Balaban J connectivity index is 1.84. The van der Waals surface area contributed by atoms with Crippen LogP contribution in [0, 0.1) is 3.57 Å². The predicted molar refractivity (Wildman–Crippen MR) is 80.3 cm³/mol. The number of fused-ring (bicyclic) bond motifs is 1. The van der Waals surface area contributed by atoms with Gasteiger partial charge in [0, 0.05) is 9.26 Å². The Hall–Kier alpha value is -1.03. The third-order valence-electron chi connectivity index (χ3n) is 3.30. The van der Waals surface area contributed by atoms with E-state index in [9.17, 15) is 0 Å². The summed E-state index contributed by atoms with van der Waals surface area (Å²) in [4.78, 5) is 0. The van der Waals surface area contributed by atoms with Crippen LogP contribution in [0.15, 0.2) is 48.5 Å². The highest BCUT2D eigenvalue weighted by Crippen LogP contribution is 2.33. The maximum absolute atomic E-state index is 3.63. The molecule has 0 radical (unpaired) electrons. The van der Waals surface area contributed by atoms with E-state index >= 15 is 0 Å². The lowest BCUT2D eigenvalue weighted by molar-refractivity contribution is 0.762. The molecule has 0 fully saturated rings. The van der Waals surface area contributed by atoms with Crippen molar-refractivity contribution in [1.82, 2.24) is 0 Å². The van der Waals surface area contributed by atoms with E-state index < -0.39 is 0 Å². The smallest absolute Gasteiger partial charge is 0.0519 e. The van der Waals surface area contributed by atoms with E-state index in [1.807, 2.05) is 0 Å². The quantitative estimate of drug-likeness (QED) is 0.803. The number of rotatable bonds is 2. The molecule has 1 N–H and O–H groups in total. The molecule has 3 rings (SSSR count). The van der Waals surface area contributed by atoms with E-state index in [-0.39, 0.29) is 0 Å². The van der Waals surface area contributed by atoms with Crippen LogP contribution in [0.5, 0.6) is 0 Å². The first-order valence-corrected chi connectivity index (χ1v) is 7.01. The summed E-state index contributed by atoms with van der Waals surface area (Å²) in [5, 5.41) is 3.63. The minimum absolute atomic E-state index is 0.476. The molecule has 1 unspecified atom stereocenters. The van der Waals surface area contributed by atoms with Crippen molar-refractivity contribution in [2.75, 3.05) is 5.32 Å². The summed E-state index contributed by atoms with van der Waals surface area (Å²) in [6.45, 7) is 0. The summed E-state index contributed by atoms with van der Waals surface area (Å²) >= 11 is 2.35. The molecule has 86 valence electrons. The Morgan fingerprint density at radius 2 is 1.94 bits per heavy atom. The van der Waals surface area contributed by atoms with Gasteiger partial charge < -0.3 is 5.32 Å². The Bertz CT molecular complexity index is 536. The molecule has 0 amide bonds. The topological polar surface area (TPSA) is 12.0 Å². The zero-order valence-corrected chi connectivity index (χ0v) is 11.6. The molecular formula is C15H14IN. The highest BCUT2D eigenvalue weighted by atomic mass is 127. The number of benzene rings is 2. The molecule has 2 heteroatoms. The zero-order valence-electron chi connectivity index (χ0n) is 9.49. The Morgan fingerprint density at radius 1 is 1.06 bits per heavy atom. The lowest BCUT2D eigenvalue weighted by Gasteiger charge is -2.15. The maximum atomic E-state index is 3.63. The van der Waals surface area contributed by atoms with E-state index in [2.05, 4.69) is 76.4 Å². The second-order valence-electron chi connectivity index (χ2n) is 4.44. The van der Waals surface area contributed by atoms with Crippen LogP contribution < -0.4 is 5.32 Å². The second-order valence-corrected chi connectivity index (χ2v) is 5.69. The number of nitrogens with one attached hydrogen (secondary N) is 1. The summed E-state index contributed by atoms with van der Waals surface area (Å²) in [6.07, 6.45) is 2.39. The molecule has 2 aromatic carbocycles. The highest BCUT2D eigenvalue weighted by Gasteiger charge is 2.21. The van der Waals surface area contributed by atoms with Crippen molar-refractivity contribution in [1.29, 1.82) is 0 Å². The van der Waals surface area contributed by atoms with Gasteiger partial charge in [-0.15, -0.1) is 0 Å². The molecular weight excluding hydrogens is 321 g/mol. The standard InChI is InChI=1S/C15H14IN/c16-12-5-3-6-13(10-12)17-15-9-8-11-4-1-2-7-14(11)15/h1-7,10,15,17H,8-9H2.